The standard InChI is InChI=1S/C13H18O6/c14-6-9(16)12-11(17)10(7-15)18-13(19-12)8-4-2-1-3-5-8/h1-5,9-17H,6-7H2/t9-,10+,11+,12+,13?/m1/s1. The van der Waals surface area contributed by atoms with Crippen LogP contribution in [0.25, 0.3) is 0 Å². The van der Waals surface area contributed by atoms with Crippen LogP contribution in [0.15, 0.2) is 30.3 Å². The van der Waals surface area contributed by atoms with Crippen LogP contribution in [0.4, 0.5) is 0 Å². The van der Waals surface area contributed by atoms with Crippen molar-refractivity contribution in [3.63, 3.8) is 0 Å². The molecule has 19 heavy (non-hydrogen) atoms. The van der Waals surface area contributed by atoms with E-state index in [1.165, 1.54) is 0 Å². The highest BCUT2D eigenvalue weighted by atomic mass is 16.7. The highest BCUT2D eigenvalue weighted by Crippen LogP contribution is 2.31. The topological polar surface area (TPSA) is 99.4 Å². The summed E-state index contributed by atoms with van der Waals surface area (Å²) in [5.74, 6) is 0. The molecule has 5 atom stereocenters. The Kier molecular flexibility index (Phi) is 4.87. The van der Waals surface area contributed by atoms with Gasteiger partial charge in [-0.3, -0.25) is 0 Å². The van der Waals surface area contributed by atoms with Crippen LogP contribution in [0.1, 0.15) is 11.9 Å². The Bertz CT molecular complexity index is 384. The van der Waals surface area contributed by atoms with E-state index >= 15 is 0 Å². The third-order valence-corrected chi connectivity index (χ3v) is 3.11. The van der Waals surface area contributed by atoms with Crippen molar-refractivity contribution >= 4 is 0 Å². The van der Waals surface area contributed by atoms with Crippen molar-refractivity contribution in [3.05, 3.63) is 35.9 Å². The molecule has 1 saturated heterocycles. The van der Waals surface area contributed by atoms with Crippen LogP contribution >= 0.6 is 0 Å². The normalized spacial score (nSPS) is 33.1. The van der Waals surface area contributed by atoms with Crippen molar-refractivity contribution in [3.8, 4) is 0 Å². The number of rotatable bonds is 4. The largest absolute Gasteiger partial charge is 0.394 e. The van der Waals surface area contributed by atoms with E-state index in [-0.39, 0.29) is 0 Å². The summed E-state index contributed by atoms with van der Waals surface area (Å²) in [6.07, 6.45) is -5.12. The van der Waals surface area contributed by atoms with E-state index in [1.54, 1.807) is 24.3 Å². The van der Waals surface area contributed by atoms with Crippen LogP contribution in [0, 0.1) is 0 Å². The van der Waals surface area contributed by atoms with Crippen molar-refractivity contribution in [1.29, 1.82) is 0 Å². The van der Waals surface area contributed by atoms with Crippen molar-refractivity contribution < 1.29 is 29.9 Å². The molecule has 1 fully saturated rings. The zero-order valence-corrected chi connectivity index (χ0v) is 10.3. The second-order valence-corrected chi connectivity index (χ2v) is 4.44. The van der Waals surface area contributed by atoms with Crippen molar-refractivity contribution in [2.75, 3.05) is 13.2 Å². The summed E-state index contributed by atoms with van der Waals surface area (Å²) in [4.78, 5) is 0. The molecular formula is C13H18O6. The molecule has 0 aliphatic carbocycles. The van der Waals surface area contributed by atoms with E-state index in [9.17, 15) is 15.3 Å². The molecule has 106 valence electrons. The van der Waals surface area contributed by atoms with Crippen LogP contribution in [0.5, 0.6) is 0 Å². The van der Waals surface area contributed by atoms with Crippen LogP contribution in [0.3, 0.4) is 0 Å². The first-order valence-corrected chi connectivity index (χ1v) is 6.11. The molecule has 1 unspecified atom stereocenters. The summed E-state index contributed by atoms with van der Waals surface area (Å²) in [6.45, 7) is -0.941. The highest BCUT2D eigenvalue weighted by Gasteiger charge is 2.42. The average Bonchev–Trinajstić information content (AvgIpc) is 2.47. The maximum absolute atomic E-state index is 9.91. The van der Waals surface area contributed by atoms with Gasteiger partial charge in [-0.05, 0) is 0 Å². The fourth-order valence-electron chi connectivity index (χ4n) is 2.05. The molecule has 2 rings (SSSR count). The van der Waals surface area contributed by atoms with Gasteiger partial charge in [-0.2, -0.15) is 0 Å². The van der Waals surface area contributed by atoms with Gasteiger partial charge in [0.2, 0.25) is 0 Å². The minimum atomic E-state index is -1.24. The third-order valence-electron chi connectivity index (χ3n) is 3.11. The molecule has 0 radical (unpaired) electrons. The average molecular weight is 270 g/mol. The van der Waals surface area contributed by atoms with Gasteiger partial charge >= 0.3 is 0 Å². The first kappa shape index (κ1) is 14.4. The molecule has 0 amide bonds. The molecule has 1 aromatic rings. The summed E-state index contributed by atoms with van der Waals surface area (Å²) >= 11 is 0. The van der Waals surface area contributed by atoms with Crippen molar-refractivity contribution in [2.24, 2.45) is 0 Å². The minimum Gasteiger partial charge on any atom is -0.394 e. The molecule has 1 aliphatic heterocycles. The van der Waals surface area contributed by atoms with E-state index in [4.69, 9.17) is 14.6 Å². The van der Waals surface area contributed by atoms with E-state index in [2.05, 4.69) is 0 Å². The van der Waals surface area contributed by atoms with Crippen molar-refractivity contribution in [2.45, 2.75) is 30.7 Å². The van der Waals surface area contributed by atoms with Gasteiger partial charge in [-0.1, -0.05) is 30.3 Å². The predicted octanol–water partition coefficient (Wildman–Crippen LogP) is -0.824. The molecule has 0 saturated carbocycles. The smallest absolute Gasteiger partial charge is 0.184 e. The fraction of sp³-hybridized carbons (Fsp3) is 0.538. The molecule has 1 heterocycles. The monoisotopic (exact) mass is 270 g/mol. The van der Waals surface area contributed by atoms with Crippen LogP contribution in [-0.2, 0) is 9.47 Å². The summed E-state index contributed by atoms with van der Waals surface area (Å²) in [5.41, 5.74) is 0.711. The van der Waals surface area contributed by atoms with Gasteiger partial charge in [-0.25, -0.2) is 0 Å². The molecule has 0 bridgehead atoms. The molecule has 1 aromatic carbocycles. The Morgan fingerprint density at radius 1 is 1.11 bits per heavy atom. The second kappa shape index (κ2) is 6.42. The van der Waals surface area contributed by atoms with Gasteiger partial charge < -0.3 is 29.9 Å². The van der Waals surface area contributed by atoms with Crippen LogP contribution < -0.4 is 0 Å². The third kappa shape index (κ3) is 3.11. The van der Waals surface area contributed by atoms with Gasteiger partial charge in [0.15, 0.2) is 6.29 Å². The predicted molar refractivity (Wildman–Crippen MR) is 65.1 cm³/mol. The summed E-state index contributed by atoms with van der Waals surface area (Å²) in [6, 6.07) is 9.00. The van der Waals surface area contributed by atoms with Crippen molar-refractivity contribution in [1.82, 2.24) is 0 Å². The highest BCUT2D eigenvalue weighted by molar-refractivity contribution is 5.16. The lowest BCUT2D eigenvalue weighted by atomic mass is 10.0. The summed E-state index contributed by atoms with van der Waals surface area (Å²) in [5, 5.41) is 37.8. The molecule has 4 N–H and O–H groups in total. The maximum Gasteiger partial charge on any atom is 0.184 e. The number of aliphatic hydroxyl groups is 4. The molecule has 1 aliphatic rings. The van der Waals surface area contributed by atoms with E-state index in [1.807, 2.05) is 6.07 Å². The van der Waals surface area contributed by atoms with E-state index in [0.29, 0.717) is 5.56 Å². The van der Waals surface area contributed by atoms with Gasteiger partial charge in [-0.15, -0.1) is 0 Å². The van der Waals surface area contributed by atoms with Crippen LogP contribution in [-0.4, -0.2) is 58.1 Å². The van der Waals surface area contributed by atoms with Gasteiger partial charge in [0.1, 0.15) is 24.4 Å². The number of hydrogen-bond acceptors (Lipinski definition) is 6. The van der Waals surface area contributed by atoms with E-state index in [0.717, 1.165) is 0 Å². The zero-order valence-electron chi connectivity index (χ0n) is 10.3. The zero-order chi connectivity index (χ0) is 13.8. The van der Waals surface area contributed by atoms with Gasteiger partial charge in [0.05, 0.1) is 13.2 Å². The number of aliphatic hydroxyl groups excluding tert-OH is 4. The lowest BCUT2D eigenvalue weighted by molar-refractivity contribution is -0.310. The number of hydrogen-bond donors (Lipinski definition) is 4. The van der Waals surface area contributed by atoms with Gasteiger partial charge in [0, 0.05) is 5.56 Å². The molecule has 6 nitrogen and oxygen atoms in total. The Morgan fingerprint density at radius 2 is 1.79 bits per heavy atom. The van der Waals surface area contributed by atoms with Crippen LogP contribution in [0.2, 0.25) is 0 Å². The molecule has 0 spiro atoms. The Balaban J connectivity index is 2.18. The van der Waals surface area contributed by atoms with E-state index < -0.39 is 43.9 Å². The fourth-order valence-corrected chi connectivity index (χ4v) is 2.05. The second-order valence-electron chi connectivity index (χ2n) is 4.44. The molecule has 6 heteroatoms. The maximum atomic E-state index is 9.91. The molecular weight excluding hydrogens is 252 g/mol. The van der Waals surface area contributed by atoms with Gasteiger partial charge in [0.25, 0.3) is 0 Å². The Morgan fingerprint density at radius 3 is 2.37 bits per heavy atom. The number of benzene rings is 1. The lowest BCUT2D eigenvalue weighted by Gasteiger charge is -2.40. The first-order chi connectivity index (χ1) is 9.17. The number of ether oxygens (including phenoxy) is 2. The lowest BCUT2D eigenvalue weighted by Crippen LogP contribution is -2.54. The first-order valence-electron chi connectivity index (χ1n) is 6.11. The SMILES string of the molecule is OC[C@@H](O)[C@@H]1OC(c2ccccc2)O[C@@H](CO)[C@@H]1O. The minimum absolute atomic E-state index is 0.400. The Labute approximate surface area is 110 Å². The Hall–Kier alpha value is -1.02. The summed E-state index contributed by atoms with van der Waals surface area (Å²) < 4.78 is 10.9. The molecule has 0 aromatic heterocycles. The summed E-state index contributed by atoms with van der Waals surface area (Å²) in [7, 11) is 0. The quantitative estimate of drug-likeness (QED) is 0.570.